The molecule has 1 heterocycles. The lowest BCUT2D eigenvalue weighted by Crippen LogP contribution is -2.33. The molecule has 1 aliphatic heterocycles. The topological polar surface area (TPSA) is 12.0 Å². The van der Waals surface area contributed by atoms with Gasteiger partial charge in [-0.3, -0.25) is 0 Å². The predicted octanol–water partition coefficient (Wildman–Crippen LogP) is 4.49. The first-order valence-electron chi connectivity index (χ1n) is 7.01. The molecule has 0 bridgehead atoms. The number of hydrogen-bond donors (Lipinski definition) is 1. The van der Waals surface area contributed by atoms with Crippen molar-refractivity contribution < 1.29 is 0 Å². The minimum atomic E-state index is 0.670. The predicted molar refractivity (Wildman–Crippen MR) is 75.4 cm³/mol. The second-order valence-corrected chi connectivity index (χ2v) is 5.91. The smallest absolute Gasteiger partial charge is 0.0375 e. The highest BCUT2D eigenvalue weighted by Gasteiger charge is 2.23. The molecular formula is C16H25N. The molecule has 1 aliphatic rings. The van der Waals surface area contributed by atoms with Gasteiger partial charge in [-0.25, -0.2) is 0 Å². The Morgan fingerprint density at radius 2 is 2.06 bits per heavy atom. The number of para-hydroxylation sites is 1. The minimum Gasteiger partial charge on any atom is -0.382 e. The lowest BCUT2D eigenvalue weighted by atomic mass is 9.85. The fourth-order valence-corrected chi connectivity index (χ4v) is 2.77. The fourth-order valence-electron chi connectivity index (χ4n) is 2.77. The van der Waals surface area contributed by atoms with Crippen LogP contribution in [0.1, 0.15) is 45.6 Å². The van der Waals surface area contributed by atoms with Gasteiger partial charge in [0.2, 0.25) is 0 Å². The summed E-state index contributed by atoms with van der Waals surface area (Å²) in [7, 11) is 0. The standard InChI is InChI=1S/C16H25N/c1-12(2)7-6-10-15-13(3)11-14-8-4-5-9-16(14)17-15/h4-5,8-9,12-13,15,17H,6-7,10-11H2,1-3H3. The Hall–Kier alpha value is -0.980. The summed E-state index contributed by atoms with van der Waals surface area (Å²) in [5, 5.41) is 3.72. The zero-order chi connectivity index (χ0) is 12.3. The largest absolute Gasteiger partial charge is 0.382 e. The lowest BCUT2D eigenvalue weighted by molar-refractivity contribution is 0.412. The highest BCUT2D eigenvalue weighted by atomic mass is 14.9. The fraction of sp³-hybridized carbons (Fsp3) is 0.625. The average molecular weight is 231 g/mol. The van der Waals surface area contributed by atoms with E-state index < -0.39 is 0 Å². The maximum absolute atomic E-state index is 3.72. The van der Waals surface area contributed by atoms with Gasteiger partial charge < -0.3 is 5.32 Å². The maximum Gasteiger partial charge on any atom is 0.0375 e. The summed E-state index contributed by atoms with van der Waals surface area (Å²) < 4.78 is 0. The van der Waals surface area contributed by atoms with Gasteiger partial charge in [0.1, 0.15) is 0 Å². The molecule has 0 aliphatic carbocycles. The first kappa shape index (κ1) is 12.5. The molecular weight excluding hydrogens is 206 g/mol. The summed E-state index contributed by atoms with van der Waals surface area (Å²) in [6.45, 7) is 7.00. The molecule has 2 unspecified atom stereocenters. The van der Waals surface area contributed by atoms with Crippen LogP contribution in [-0.4, -0.2) is 6.04 Å². The molecule has 0 aromatic heterocycles. The molecule has 17 heavy (non-hydrogen) atoms. The van der Waals surface area contributed by atoms with Crippen LogP contribution in [0.3, 0.4) is 0 Å². The quantitative estimate of drug-likeness (QED) is 0.805. The van der Waals surface area contributed by atoms with Gasteiger partial charge in [0.15, 0.2) is 0 Å². The van der Waals surface area contributed by atoms with Gasteiger partial charge in [0.25, 0.3) is 0 Å². The third kappa shape index (κ3) is 3.24. The first-order valence-corrected chi connectivity index (χ1v) is 7.01. The maximum atomic E-state index is 3.72. The molecule has 0 radical (unpaired) electrons. The van der Waals surface area contributed by atoms with Crippen LogP contribution in [0.15, 0.2) is 24.3 Å². The molecule has 2 rings (SSSR count). The summed E-state index contributed by atoms with van der Waals surface area (Å²) >= 11 is 0. The molecule has 2 atom stereocenters. The van der Waals surface area contributed by atoms with Crippen molar-refractivity contribution in [2.75, 3.05) is 5.32 Å². The molecule has 0 spiro atoms. The van der Waals surface area contributed by atoms with E-state index in [1.54, 1.807) is 0 Å². The number of rotatable bonds is 4. The van der Waals surface area contributed by atoms with E-state index in [-0.39, 0.29) is 0 Å². The Kier molecular flexibility index (Phi) is 4.09. The second kappa shape index (κ2) is 5.57. The van der Waals surface area contributed by atoms with E-state index in [4.69, 9.17) is 0 Å². The molecule has 1 heteroatoms. The SMILES string of the molecule is CC(C)CCCC1Nc2ccccc2CC1C. The summed E-state index contributed by atoms with van der Waals surface area (Å²) in [6, 6.07) is 9.42. The van der Waals surface area contributed by atoms with Crippen LogP contribution in [0.4, 0.5) is 5.69 Å². The molecule has 94 valence electrons. The highest BCUT2D eigenvalue weighted by molar-refractivity contribution is 5.54. The van der Waals surface area contributed by atoms with Crippen LogP contribution < -0.4 is 5.32 Å². The van der Waals surface area contributed by atoms with Crippen molar-refractivity contribution in [1.82, 2.24) is 0 Å². The summed E-state index contributed by atoms with van der Waals surface area (Å²) in [5.74, 6) is 1.60. The van der Waals surface area contributed by atoms with E-state index in [1.165, 1.54) is 36.9 Å². The third-order valence-electron chi connectivity index (χ3n) is 3.88. The average Bonchev–Trinajstić information content (AvgIpc) is 2.29. The van der Waals surface area contributed by atoms with Crippen LogP contribution in [0, 0.1) is 11.8 Å². The third-order valence-corrected chi connectivity index (χ3v) is 3.88. The van der Waals surface area contributed by atoms with Crippen LogP contribution in [0.25, 0.3) is 0 Å². The molecule has 0 fully saturated rings. The van der Waals surface area contributed by atoms with Crippen molar-refractivity contribution in [1.29, 1.82) is 0 Å². The van der Waals surface area contributed by atoms with Gasteiger partial charge in [-0.1, -0.05) is 51.8 Å². The number of nitrogens with one attached hydrogen (secondary N) is 1. The molecule has 1 aromatic carbocycles. The van der Waals surface area contributed by atoms with Crippen molar-refractivity contribution >= 4 is 5.69 Å². The number of anilines is 1. The van der Waals surface area contributed by atoms with Gasteiger partial charge in [0, 0.05) is 11.7 Å². The molecule has 0 amide bonds. The van der Waals surface area contributed by atoms with E-state index in [1.807, 2.05) is 0 Å². The van der Waals surface area contributed by atoms with Crippen LogP contribution in [0.5, 0.6) is 0 Å². The summed E-state index contributed by atoms with van der Waals surface area (Å²) in [4.78, 5) is 0. The lowest BCUT2D eigenvalue weighted by Gasteiger charge is -2.33. The van der Waals surface area contributed by atoms with Crippen molar-refractivity contribution in [3.63, 3.8) is 0 Å². The Morgan fingerprint density at radius 3 is 2.82 bits per heavy atom. The van der Waals surface area contributed by atoms with Crippen molar-refractivity contribution in [3.05, 3.63) is 29.8 Å². The van der Waals surface area contributed by atoms with Gasteiger partial charge in [0.05, 0.1) is 0 Å². The normalized spacial score (nSPS) is 23.3. The van der Waals surface area contributed by atoms with Gasteiger partial charge in [-0.15, -0.1) is 0 Å². The molecule has 1 aromatic rings. The Bertz CT molecular complexity index is 356. The van der Waals surface area contributed by atoms with E-state index in [0.717, 1.165) is 11.8 Å². The number of hydrogen-bond acceptors (Lipinski definition) is 1. The van der Waals surface area contributed by atoms with Gasteiger partial charge in [-0.05, 0) is 36.3 Å². The van der Waals surface area contributed by atoms with Gasteiger partial charge in [-0.2, -0.15) is 0 Å². The van der Waals surface area contributed by atoms with Gasteiger partial charge >= 0.3 is 0 Å². The minimum absolute atomic E-state index is 0.670. The number of fused-ring (bicyclic) bond motifs is 1. The highest BCUT2D eigenvalue weighted by Crippen LogP contribution is 2.30. The van der Waals surface area contributed by atoms with E-state index in [0.29, 0.717) is 6.04 Å². The molecule has 1 nitrogen and oxygen atoms in total. The van der Waals surface area contributed by atoms with E-state index in [9.17, 15) is 0 Å². The zero-order valence-corrected chi connectivity index (χ0v) is 11.4. The van der Waals surface area contributed by atoms with Crippen LogP contribution in [0.2, 0.25) is 0 Å². The molecule has 0 saturated carbocycles. The molecule has 1 N–H and O–H groups in total. The Morgan fingerprint density at radius 1 is 1.29 bits per heavy atom. The van der Waals surface area contributed by atoms with E-state index >= 15 is 0 Å². The summed E-state index contributed by atoms with van der Waals surface area (Å²) in [5.41, 5.74) is 2.85. The Labute approximate surface area is 106 Å². The second-order valence-electron chi connectivity index (χ2n) is 5.91. The summed E-state index contributed by atoms with van der Waals surface area (Å²) in [6.07, 6.45) is 5.25. The van der Waals surface area contributed by atoms with Crippen molar-refractivity contribution in [2.45, 2.75) is 52.5 Å². The van der Waals surface area contributed by atoms with Crippen molar-refractivity contribution in [3.8, 4) is 0 Å². The first-order chi connectivity index (χ1) is 8.16. The number of benzene rings is 1. The molecule has 0 saturated heterocycles. The monoisotopic (exact) mass is 231 g/mol. The van der Waals surface area contributed by atoms with E-state index in [2.05, 4.69) is 50.4 Å². The van der Waals surface area contributed by atoms with Crippen LogP contribution in [-0.2, 0) is 6.42 Å². The Balaban J connectivity index is 1.93. The zero-order valence-electron chi connectivity index (χ0n) is 11.4. The van der Waals surface area contributed by atoms with Crippen LogP contribution >= 0.6 is 0 Å². The van der Waals surface area contributed by atoms with Crippen molar-refractivity contribution in [2.24, 2.45) is 11.8 Å².